The maximum atomic E-state index is 12.3. The van der Waals surface area contributed by atoms with Crippen LogP contribution in [-0.4, -0.2) is 41.7 Å². The van der Waals surface area contributed by atoms with Crippen molar-refractivity contribution in [1.29, 1.82) is 0 Å². The second-order valence-corrected chi connectivity index (χ2v) is 6.96. The van der Waals surface area contributed by atoms with Crippen LogP contribution in [0.4, 0.5) is 5.69 Å². The van der Waals surface area contributed by atoms with Gasteiger partial charge in [0.25, 0.3) is 11.8 Å². The van der Waals surface area contributed by atoms with Gasteiger partial charge in [-0.05, 0) is 56.2 Å². The Bertz CT molecular complexity index is 917. The number of amides is 3. The van der Waals surface area contributed by atoms with E-state index >= 15 is 0 Å². The van der Waals surface area contributed by atoms with Gasteiger partial charge in [-0.15, -0.1) is 0 Å². The number of hydrogen-bond acceptors (Lipinski definition) is 5. The van der Waals surface area contributed by atoms with E-state index in [1.54, 1.807) is 55.5 Å². The van der Waals surface area contributed by atoms with Gasteiger partial charge in [-0.25, -0.2) is 4.79 Å². The van der Waals surface area contributed by atoms with Crippen LogP contribution in [-0.2, 0) is 9.53 Å². The van der Waals surface area contributed by atoms with Crippen molar-refractivity contribution >= 4 is 29.4 Å². The van der Waals surface area contributed by atoms with Crippen LogP contribution < -0.4 is 5.32 Å². The highest BCUT2D eigenvalue weighted by Gasteiger charge is 2.34. The second kappa shape index (κ2) is 9.82. The standard InChI is InChI=1S/C23H24N2O5/c1-2-30-23(29)16-11-13-17(14-12-16)24-20(26)10-4-3-7-15-25-21(27)18-8-5-6-9-19(18)22(25)28/h5-6,8-9,11-14H,2-4,7,10,15H2,1H3,(H,24,26). The molecule has 0 saturated heterocycles. The molecule has 3 rings (SSSR count). The van der Waals surface area contributed by atoms with Crippen LogP contribution in [0, 0.1) is 0 Å². The number of esters is 1. The number of nitrogens with zero attached hydrogens (tertiary/aromatic N) is 1. The molecule has 0 aliphatic carbocycles. The fourth-order valence-corrected chi connectivity index (χ4v) is 3.30. The monoisotopic (exact) mass is 408 g/mol. The molecule has 7 nitrogen and oxygen atoms in total. The summed E-state index contributed by atoms with van der Waals surface area (Å²) in [6.07, 6.45) is 2.35. The quantitative estimate of drug-likeness (QED) is 0.388. The van der Waals surface area contributed by atoms with E-state index in [0.717, 1.165) is 6.42 Å². The van der Waals surface area contributed by atoms with Crippen molar-refractivity contribution in [2.24, 2.45) is 0 Å². The zero-order valence-corrected chi connectivity index (χ0v) is 16.8. The summed E-state index contributed by atoms with van der Waals surface area (Å²) in [4.78, 5) is 49.6. The van der Waals surface area contributed by atoms with Gasteiger partial charge in [0.2, 0.25) is 5.91 Å². The molecule has 0 atom stereocenters. The Morgan fingerprint density at radius 1 is 0.900 bits per heavy atom. The van der Waals surface area contributed by atoms with Crippen molar-refractivity contribution in [2.45, 2.75) is 32.6 Å². The van der Waals surface area contributed by atoms with E-state index in [-0.39, 0.29) is 17.7 Å². The molecule has 0 radical (unpaired) electrons. The first-order valence-electron chi connectivity index (χ1n) is 10.0. The SMILES string of the molecule is CCOC(=O)c1ccc(NC(=O)CCCCCN2C(=O)c3ccccc3C2=O)cc1. The van der Waals surface area contributed by atoms with Crippen LogP contribution >= 0.6 is 0 Å². The number of imide groups is 1. The average molecular weight is 408 g/mol. The van der Waals surface area contributed by atoms with Gasteiger partial charge in [-0.2, -0.15) is 0 Å². The van der Waals surface area contributed by atoms with Crippen LogP contribution in [0.15, 0.2) is 48.5 Å². The summed E-state index contributed by atoms with van der Waals surface area (Å²) in [7, 11) is 0. The lowest BCUT2D eigenvalue weighted by atomic mass is 10.1. The highest BCUT2D eigenvalue weighted by atomic mass is 16.5. The topological polar surface area (TPSA) is 92.8 Å². The minimum Gasteiger partial charge on any atom is -0.462 e. The summed E-state index contributed by atoms with van der Waals surface area (Å²) in [6.45, 7) is 2.40. The lowest BCUT2D eigenvalue weighted by Crippen LogP contribution is -2.30. The molecule has 1 N–H and O–H groups in total. The number of ether oxygens (including phenoxy) is 1. The van der Waals surface area contributed by atoms with Gasteiger partial charge in [-0.3, -0.25) is 19.3 Å². The predicted molar refractivity (Wildman–Crippen MR) is 111 cm³/mol. The van der Waals surface area contributed by atoms with E-state index in [4.69, 9.17) is 4.74 Å². The summed E-state index contributed by atoms with van der Waals surface area (Å²) in [6, 6.07) is 13.4. The van der Waals surface area contributed by atoms with Gasteiger partial charge >= 0.3 is 5.97 Å². The van der Waals surface area contributed by atoms with Gasteiger partial charge in [0.05, 0.1) is 23.3 Å². The summed E-state index contributed by atoms with van der Waals surface area (Å²) < 4.78 is 4.92. The first-order chi connectivity index (χ1) is 14.5. The van der Waals surface area contributed by atoms with Crippen molar-refractivity contribution in [3.8, 4) is 0 Å². The fourth-order valence-electron chi connectivity index (χ4n) is 3.30. The van der Waals surface area contributed by atoms with E-state index < -0.39 is 5.97 Å². The van der Waals surface area contributed by atoms with E-state index in [9.17, 15) is 19.2 Å². The van der Waals surface area contributed by atoms with Crippen molar-refractivity contribution < 1.29 is 23.9 Å². The van der Waals surface area contributed by atoms with Gasteiger partial charge in [-0.1, -0.05) is 18.6 Å². The van der Waals surface area contributed by atoms with Crippen molar-refractivity contribution in [3.63, 3.8) is 0 Å². The average Bonchev–Trinajstić information content (AvgIpc) is 2.99. The van der Waals surface area contributed by atoms with E-state index in [2.05, 4.69) is 5.32 Å². The number of hydrogen-bond donors (Lipinski definition) is 1. The lowest BCUT2D eigenvalue weighted by molar-refractivity contribution is -0.116. The Labute approximate surface area is 175 Å². The minimum atomic E-state index is -0.395. The van der Waals surface area contributed by atoms with E-state index in [1.165, 1.54) is 4.90 Å². The molecule has 0 aromatic heterocycles. The third-order valence-corrected chi connectivity index (χ3v) is 4.84. The molecule has 3 amide bonds. The van der Waals surface area contributed by atoms with Crippen molar-refractivity contribution in [2.75, 3.05) is 18.5 Å². The van der Waals surface area contributed by atoms with Gasteiger partial charge < -0.3 is 10.1 Å². The van der Waals surface area contributed by atoms with Gasteiger partial charge in [0.15, 0.2) is 0 Å². The third kappa shape index (κ3) is 4.92. The number of rotatable bonds is 9. The molecule has 0 saturated carbocycles. The molecule has 0 spiro atoms. The van der Waals surface area contributed by atoms with Crippen LogP contribution in [0.3, 0.4) is 0 Å². The molecular weight excluding hydrogens is 384 g/mol. The third-order valence-electron chi connectivity index (χ3n) is 4.84. The van der Waals surface area contributed by atoms with Crippen LogP contribution in [0.2, 0.25) is 0 Å². The normalized spacial score (nSPS) is 12.6. The van der Waals surface area contributed by atoms with Gasteiger partial charge in [0, 0.05) is 18.7 Å². The van der Waals surface area contributed by atoms with Crippen LogP contribution in [0.5, 0.6) is 0 Å². The number of anilines is 1. The lowest BCUT2D eigenvalue weighted by Gasteiger charge is -2.13. The Kier molecular flexibility index (Phi) is 6.95. The molecule has 0 fully saturated rings. The van der Waals surface area contributed by atoms with Crippen molar-refractivity contribution in [1.82, 2.24) is 4.90 Å². The Hall–Kier alpha value is -3.48. The molecule has 0 unspecified atom stereocenters. The minimum absolute atomic E-state index is 0.125. The Balaban J connectivity index is 1.37. The van der Waals surface area contributed by atoms with E-state index in [1.807, 2.05) is 0 Å². The molecule has 2 aromatic rings. The maximum Gasteiger partial charge on any atom is 0.338 e. The summed E-state index contributed by atoms with van der Waals surface area (Å²) in [5.74, 6) is -1.02. The number of fused-ring (bicyclic) bond motifs is 1. The molecule has 2 aromatic carbocycles. The molecule has 1 aliphatic rings. The molecular formula is C23H24N2O5. The number of nitrogens with one attached hydrogen (secondary N) is 1. The maximum absolute atomic E-state index is 12.3. The zero-order valence-electron chi connectivity index (χ0n) is 16.8. The highest BCUT2D eigenvalue weighted by Crippen LogP contribution is 2.22. The molecule has 1 heterocycles. The van der Waals surface area contributed by atoms with Crippen LogP contribution in [0.25, 0.3) is 0 Å². The smallest absolute Gasteiger partial charge is 0.338 e. The van der Waals surface area contributed by atoms with E-state index in [0.29, 0.717) is 54.8 Å². The highest BCUT2D eigenvalue weighted by molar-refractivity contribution is 6.21. The number of unbranched alkanes of at least 4 members (excludes halogenated alkanes) is 2. The molecule has 156 valence electrons. The fraction of sp³-hybridized carbons (Fsp3) is 0.304. The zero-order chi connectivity index (χ0) is 21.5. The number of carbonyl (C=O) groups is 4. The number of benzene rings is 2. The Morgan fingerprint density at radius 3 is 2.13 bits per heavy atom. The largest absolute Gasteiger partial charge is 0.462 e. The molecule has 30 heavy (non-hydrogen) atoms. The summed E-state index contributed by atoms with van der Waals surface area (Å²) >= 11 is 0. The predicted octanol–water partition coefficient (Wildman–Crippen LogP) is 3.66. The first-order valence-corrected chi connectivity index (χ1v) is 10.0. The Morgan fingerprint density at radius 2 is 1.53 bits per heavy atom. The second-order valence-electron chi connectivity index (χ2n) is 6.96. The molecule has 1 aliphatic heterocycles. The van der Waals surface area contributed by atoms with Crippen molar-refractivity contribution in [3.05, 3.63) is 65.2 Å². The number of carbonyl (C=O) groups excluding carboxylic acids is 4. The summed E-state index contributed by atoms with van der Waals surface area (Å²) in [5, 5.41) is 2.79. The molecule has 7 heteroatoms. The van der Waals surface area contributed by atoms with Crippen LogP contribution in [0.1, 0.15) is 63.7 Å². The first kappa shape index (κ1) is 21.2. The molecule has 0 bridgehead atoms. The van der Waals surface area contributed by atoms with Gasteiger partial charge in [0.1, 0.15) is 0 Å². The summed E-state index contributed by atoms with van der Waals surface area (Å²) in [5.41, 5.74) is 1.95.